The van der Waals surface area contributed by atoms with Gasteiger partial charge in [-0.2, -0.15) is 0 Å². The molecular weight excluding hydrogens is 682 g/mol. The van der Waals surface area contributed by atoms with Crippen LogP contribution in [0, 0.1) is 0 Å². The lowest BCUT2D eigenvalue weighted by Crippen LogP contribution is -2.69. The molecule has 0 radical (unpaired) electrons. The summed E-state index contributed by atoms with van der Waals surface area (Å²) in [5.74, 6) is -6.04. The Kier molecular flexibility index (Phi) is 15.6. The van der Waals surface area contributed by atoms with E-state index in [1.165, 1.54) is 0 Å². The van der Waals surface area contributed by atoms with Gasteiger partial charge in [0.05, 0.1) is 38.6 Å². The molecule has 3 rings (SSSR count). The molecule has 3 fully saturated rings. The maximum Gasteiger partial charge on any atom is 0.364 e. The Hall–Kier alpha value is -2.23. The fourth-order valence-electron chi connectivity index (χ4n) is 5.86. The number of amides is 2. The van der Waals surface area contributed by atoms with E-state index in [1.54, 1.807) is 0 Å². The van der Waals surface area contributed by atoms with Gasteiger partial charge >= 0.3 is 5.97 Å². The second-order valence-corrected chi connectivity index (χ2v) is 12.3. The minimum atomic E-state index is -2.82. The van der Waals surface area contributed by atoms with Crippen molar-refractivity contribution in [2.24, 2.45) is 5.73 Å². The van der Waals surface area contributed by atoms with Crippen LogP contribution < -0.4 is 16.4 Å². The van der Waals surface area contributed by atoms with Crippen molar-refractivity contribution in [3.8, 4) is 0 Å². The number of hydrogen-bond donors (Lipinski definition) is 13. The number of rotatable bonds is 16. The minimum absolute atomic E-state index is 0.0562. The van der Waals surface area contributed by atoms with Crippen LogP contribution in [0.5, 0.6) is 0 Å². The van der Waals surface area contributed by atoms with Gasteiger partial charge in [-0.3, -0.25) is 9.59 Å². The van der Waals surface area contributed by atoms with Crippen molar-refractivity contribution < 1.29 is 93.9 Å². The normalized spacial score (nSPS) is 40.4. The van der Waals surface area contributed by atoms with Gasteiger partial charge in [0, 0.05) is 20.3 Å². The van der Waals surface area contributed by atoms with Crippen LogP contribution in [0.4, 0.5) is 0 Å². The van der Waals surface area contributed by atoms with Crippen LogP contribution in [-0.2, 0) is 42.8 Å². The van der Waals surface area contributed by atoms with Gasteiger partial charge in [0.2, 0.25) is 11.8 Å². The Morgan fingerprint density at radius 3 is 2.08 bits per heavy atom. The molecule has 0 aliphatic carbocycles. The zero-order chi connectivity index (χ0) is 37.5. The molecule has 0 bridgehead atoms. The SMILES string of the molecule is CC(=O)NC1C(OCCCN)OC(COC2(C(=O)O)CC(O)C(NC(C)=O)C([C@H](O)[C@H](O)CO)O2)C(O)C1OC1OC(CO)C(O)C(O)C1O. The number of aliphatic carboxylic acids is 1. The molecular formula is C28H49N3O19. The van der Waals surface area contributed by atoms with Gasteiger partial charge in [0.25, 0.3) is 5.79 Å². The predicted molar refractivity (Wildman–Crippen MR) is 159 cm³/mol. The Morgan fingerprint density at radius 2 is 1.52 bits per heavy atom. The van der Waals surface area contributed by atoms with Crippen molar-refractivity contribution in [2.75, 3.05) is 33.0 Å². The largest absolute Gasteiger partial charge is 0.477 e. The van der Waals surface area contributed by atoms with Gasteiger partial charge in [0.1, 0.15) is 67.1 Å². The molecule has 0 aromatic heterocycles. The minimum Gasteiger partial charge on any atom is -0.477 e. The average Bonchev–Trinajstić information content (AvgIpc) is 3.06. The smallest absolute Gasteiger partial charge is 0.364 e. The summed E-state index contributed by atoms with van der Waals surface area (Å²) in [6.45, 7) is -0.403. The maximum absolute atomic E-state index is 12.6. The van der Waals surface area contributed by atoms with Gasteiger partial charge in [-0.15, -0.1) is 0 Å². The number of ether oxygens (including phenoxy) is 6. The van der Waals surface area contributed by atoms with Gasteiger partial charge in [0.15, 0.2) is 12.6 Å². The zero-order valence-electron chi connectivity index (χ0n) is 27.3. The van der Waals surface area contributed by atoms with Crippen LogP contribution >= 0.6 is 0 Å². The van der Waals surface area contributed by atoms with E-state index < -0.39 is 142 Å². The van der Waals surface area contributed by atoms with Gasteiger partial charge in [-0.25, -0.2) is 4.79 Å². The van der Waals surface area contributed by atoms with Gasteiger partial charge < -0.3 is 95.9 Å². The fourth-order valence-corrected chi connectivity index (χ4v) is 5.86. The van der Waals surface area contributed by atoms with E-state index in [9.17, 15) is 65.4 Å². The van der Waals surface area contributed by atoms with Crippen LogP contribution in [0.25, 0.3) is 0 Å². The van der Waals surface area contributed by atoms with E-state index in [2.05, 4.69) is 10.6 Å². The first kappa shape index (κ1) is 42.2. The highest BCUT2D eigenvalue weighted by atomic mass is 16.8. The third-order valence-electron chi connectivity index (χ3n) is 8.48. The third-order valence-corrected chi connectivity index (χ3v) is 8.48. The van der Waals surface area contributed by atoms with Gasteiger partial charge in [-0.1, -0.05) is 0 Å². The summed E-state index contributed by atoms with van der Waals surface area (Å²) in [6.07, 6.45) is -23.6. The molecule has 0 aromatic carbocycles. The zero-order valence-corrected chi connectivity index (χ0v) is 27.3. The van der Waals surface area contributed by atoms with Crippen LogP contribution in [0.2, 0.25) is 0 Å². The van der Waals surface area contributed by atoms with E-state index in [1.807, 2.05) is 0 Å². The number of carboxylic acids is 1. The summed E-state index contributed by atoms with van der Waals surface area (Å²) in [6, 6.07) is -2.85. The fraction of sp³-hybridized carbons (Fsp3) is 0.893. The molecule has 0 spiro atoms. The molecule has 2 amide bonds. The van der Waals surface area contributed by atoms with Crippen molar-refractivity contribution in [1.29, 1.82) is 0 Å². The molecule has 3 heterocycles. The Morgan fingerprint density at radius 1 is 0.900 bits per heavy atom. The molecule has 3 aliphatic rings. The summed E-state index contributed by atoms with van der Waals surface area (Å²) >= 11 is 0. The maximum atomic E-state index is 12.6. The lowest BCUT2D eigenvalue weighted by Gasteiger charge is -2.49. The number of aliphatic hydroxyl groups is 9. The van der Waals surface area contributed by atoms with Crippen LogP contribution in [0.15, 0.2) is 0 Å². The van der Waals surface area contributed by atoms with Crippen molar-refractivity contribution in [3.63, 3.8) is 0 Å². The highest BCUT2D eigenvalue weighted by Gasteiger charge is 2.57. The molecule has 14 unspecified atom stereocenters. The third kappa shape index (κ3) is 9.80. The molecule has 16 atom stereocenters. The number of nitrogens with one attached hydrogen (secondary N) is 2. The molecule has 22 nitrogen and oxygen atoms in total. The summed E-state index contributed by atoms with van der Waals surface area (Å²) in [5.41, 5.74) is 5.56. The molecule has 50 heavy (non-hydrogen) atoms. The van der Waals surface area contributed by atoms with Gasteiger partial charge in [-0.05, 0) is 13.0 Å². The molecule has 3 saturated heterocycles. The Labute approximate surface area is 285 Å². The highest BCUT2D eigenvalue weighted by molar-refractivity contribution is 5.76. The quantitative estimate of drug-likeness (QED) is 0.0655. The predicted octanol–water partition coefficient (Wildman–Crippen LogP) is -7.71. The van der Waals surface area contributed by atoms with Crippen LogP contribution in [0.1, 0.15) is 26.7 Å². The monoisotopic (exact) mass is 731 g/mol. The number of carboxylic acid groups (broad SMARTS) is 1. The topological polar surface area (TPSA) is 359 Å². The summed E-state index contributed by atoms with van der Waals surface area (Å²) in [4.78, 5) is 36.7. The van der Waals surface area contributed by atoms with E-state index >= 15 is 0 Å². The highest BCUT2D eigenvalue weighted by Crippen LogP contribution is 2.36. The number of carbonyl (C=O) groups is 3. The first-order chi connectivity index (χ1) is 23.5. The number of aliphatic hydroxyl groups excluding tert-OH is 9. The van der Waals surface area contributed by atoms with Crippen LogP contribution in [-0.4, -0.2) is 199 Å². The number of carbonyl (C=O) groups excluding carboxylic acids is 2. The molecule has 14 N–H and O–H groups in total. The lowest BCUT2D eigenvalue weighted by atomic mass is 9.88. The van der Waals surface area contributed by atoms with Crippen molar-refractivity contribution in [3.05, 3.63) is 0 Å². The van der Waals surface area contributed by atoms with E-state index in [0.29, 0.717) is 6.42 Å². The first-order valence-corrected chi connectivity index (χ1v) is 15.9. The number of hydrogen-bond acceptors (Lipinski definition) is 19. The van der Waals surface area contributed by atoms with E-state index in [0.717, 1.165) is 13.8 Å². The molecule has 290 valence electrons. The second kappa shape index (κ2) is 18.5. The summed E-state index contributed by atoms with van der Waals surface area (Å²) in [7, 11) is 0. The standard InChI is InChI=1S/C28H49N3O19/c1-10(34)30-16-12(36)6-28(27(43)44,50-24(16)18(38)13(37)7-32)46-9-15-20(40)23(17(31-11(2)35)25(48-15)45-5-3-4-29)49-26-22(42)21(41)19(39)14(8-33)47-26/h12-26,32-33,36-42H,3-9,29H2,1-2H3,(H,30,34)(H,31,35)(H,43,44)/t12?,13-,14?,15?,16?,17?,18-,19?,20?,21?,22?,23?,24?,25?,26?,28?/m1/s1. The first-order valence-electron chi connectivity index (χ1n) is 15.9. The summed E-state index contributed by atoms with van der Waals surface area (Å²) < 4.78 is 34.1. The van der Waals surface area contributed by atoms with Crippen molar-refractivity contribution >= 4 is 17.8 Å². The molecule has 22 heteroatoms. The van der Waals surface area contributed by atoms with Crippen molar-refractivity contribution in [1.82, 2.24) is 10.6 Å². The Balaban J connectivity index is 1.96. The molecule has 0 saturated carbocycles. The molecule has 3 aliphatic heterocycles. The van der Waals surface area contributed by atoms with Crippen LogP contribution in [0.3, 0.4) is 0 Å². The molecule has 0 aromatic rings. The summed E-state index contributed by atoms with van der Waals surface area (Å²) in [5, 5.41) is 108. The Bertz CT molecular complexity index is 1120. The van der Waals surface area contributed by atoms with E-state index in [4.69, 9.17) is 34.2 Å². The number of nitrogens with two attached hydrogens (primary N) is 1. The van der Waals surface area contributed by atoms with E-state index in [-0.39, 0.29) is 13.2 Å². The average molecular weight is 732 g/mol. The second-order valence-electron chi connectivity index (χ2n) is 12.3. The van der Waals surface area contributed by atoms with Crippen molar-refractivity contribution in [2.45, 2.75) is 124 Å². The lowest BCUT2D eigenvalue weighted by molar-refractivity contribution is -0.354.